The molecule has 52 heavy (non-hydrogen) atoms. The molecule has 0 bridgehead atoms. The molecule has 6 heteroatoms. The summed E-state index contributed by atoms with van der Waals surface area (Å²) in [6.45, 7) is 4.18. The summed E-state index contributed by atoms with van der Waals surface area (Å²) in [7, 11) is -3.05. The maximum atomic E-state index is 7.16. The average molecular weight is 711 g/mol. The number of hydrogen-bond donors (Lipinski definition) is 0. The Balaban J connectivity index is 1.17. The predicted molar refractivity (Wildman–Crippen MR) is 216 cm³/mol. The van der Waals surface area contributed by atoms with Gasteiger partial charge in [-0.3, -0.25) is 0 Å². The first-order chi connectivity index (χ1) is 25.6. The zero-order valence-corrected chi connectivity index (χ0v) is 30.3. The van der Waals surface area contributed by atoms with Gasteiger partial charge < -0.3 is 18.1 Å². The maximum absolute atomic E-state index is 7.16. The van der Waals surface area contributed by atoms with Crippen LogP contribution in [0.25, 0.3) is 54.9 Å². The van der Waals surface area contributed by atoms with Gasteiger partial charge in [0.1, 0.15) is 23.0 Å². The van der Waals surface area contributed by atoms with E-state index in [0.717, 1.165) is 99.7 Å². The van der Waals surface area contributed by atoms with E-state index in [0.29, 0.717) is 0 Å². The Bertz CT molecular complexity index is 2520. The number of hydrogen-bond acceptors (Lipinski definition) is 4. The van der Waals surface area contributed by atoms with E-state index >= 15 is 0 Å². The highest BCUT2D eigenvalue weighted by molar-refractivity contribution is 7.57. The van der Waals surface area contributed by atoms with E-state index in [-0.39, 0.29) is 0 Å². The second-order valence-corrected chi connectivity index (χ2v) is 15.9. The minimum Gasteiger partial charge on any atom is -0.435 e. The van der Waals surface area contributed by atoms with Gasteiger partial charge in [-0.2, -0.15) is 0 Å². The van der Waals surface area contributed by atoms with E-state index in [1.807, 2.05) is 0 Å². The molecule has 2 aliphatic rings. The lowest BCUT2D eigenvalue weighted by atomic mass is 9.92. The van der Waals surface area contributed by atoms with Gasteiger partial charge >= 0.3 is 16.8 Å². The molecule has 2 aliphatic heterocycles. The van der Waals surface area contributed by atoms with Gasteiger partial charge in [0.15, 0.2) is 0 Å². The predicted octanol–water partition coefficient (Wildman–Crippen LogP) is 12.4. The average Bonchev–Trinajstić information content (AvgIpc) is 3.19. The minimum absolute atomic E-state index is 0.733. The summed E-state index contributed by atoms with van der Waals surface area (Å²) >= 11 is 0. The molecule has 0 N–H and O–H groups in total. The van der Waals surface area contributed by atoms with Crippen molar-refractivity contribution in [3.05, 3.63) is 169 Å². The Kier molecular flexibility index (Phi) is 7.50. The molecular formula is C46H32O4P2. The van der Waals surface area contributed by atoms with Gasteiger partial charge in [0.05, 0.1) is 10.6 Å². The number of benzene rings is 8. The summed E-state index contributed by atoms with van der Waals surface area (Å²) in [6, 6.07) is 54.9. The molecule has 0 aromatic heterocycles. The van der Waals surface area contributed by atoms with Gasteiger partial charge in [0, 0.05) is 22.3 Å². The van der Waals surface area contributed by atoms with Gasteiger partial charge in [-0.05, 0) is 81.9 Å². The monoisotopic (exact) mass is 710 g/mol. The van der Waals surface area contributed by atoms with Crippen LogP contribution in [0.1, 0.15) is 11.1 Å². The highest BCUT2D eigenvalue weighted by atomic mass is 31.2. The van der Waals surface area contributed by atoms with Crippen molar-refractivity contribution in [1.29, 1.82) is 0 Å². The van der Waals surface area contributed by atoms with Gasteiger partial charge in [0.25, 0.3) is 0 Å². The second-order valence-electron chi connectivity index (χ2n) is 13.1. The van der Waals surface area contributed by atoms with E-state index in [9.17, 15) is 0 Å². The van der Waals surface area contributed by atoms with Crippen molar-refractivity contribution >= 4 is 48.9 Å². The topological polar surface area (TPSA) is 36.9 Å². The van der Waals surface area contributed by atoms with Crippen molar-refractivity contribution in [1.82, 2.24) is 0 Å². The van der Waals surface area contributed by atoms with Crippen molar-refractivity contribution < 1.29 is 18.1 Å². The normalized spacial score (nSPS) is 15.4. The second kappa shape index (κ2) is 12.5. The standard InChI is InChI=1S/C46H32O4P2/c1-29-13-11-21-37-35-19-7-9-23-41(35)51(49-45(29)37)47-39-27-25-31-15-3-5-17-33(31)43(39)44-34-18-6-4-16-32(34)26-28-40(44)48-52-42-24-10-8-20-36(42)38-22-12-14-30(2)46(38)50-52/h3-28H,1-2H3. The molecule has 0 spiro atoms. The first-order valence-electron chi connectivity index (χ1n) is 17.4. The summed E-state index contributed by atoms with van der Waals surface area (Å²) in [5.41, 5.74) is 8.54. The largest absolute Gasteiger partial charge is 0.435 e. The third-order valence-corrected chi connectivity index (χ3v) is 12.9. The number of fused-ring (bicyclic) bond motifs is 8. The van der Waals surface area contributed by atoms with Crippen LogP contribution in [0.15, 0.2) is 158 Å². The van der Waals surface area contributed by atoms with Crippen LogP contribution < -0.4 is 28.7 Å². The van der Waals surface area contributed by atoms with Crippen LogP contribution in [0.3, 0.4) is 0 Å². The molecule has 0 amide bonds. The van der Waals surface area contributed by atoms with Crippen LogP contribution in [-0.4, -0.2) is 0 Å². The molecule has 8 aromatic carbocycles. The molecular weight excluding hydrogens is 678 g/mol. The molecule has 4 nitrogen and oxygen atoms in total. The lowest BCUT2D eigenvalue weighted by Crippen LogP contribution is -2.18. The molecule has 0 fully saturated rings. The zero-order chi connectivity index (χ0) is 34.8. The van der Waals surface area contributed by atoms with Crippen molar-refractivity contribution in [2.24, 2.45) is 0 Å². The molecule has 2 atom stereocenters. The number of aryl methyl sites for hydroxylation is 2. The van der Waals surface area contributed by atoms with Crippen LogP contribution in [0, 0.1) is 13.8 Å². The van der Waals surface area contributed by atoms with Crippen LogP contribution in [0.4, 0.5) is 0 Å². The van der Waals surface area contributed by atoms with E-state index in [4.69, 9.17) is 18.1 Å². The van der Waals surface area contributed by atoms with Gasteiger partial charge in [-0.1, -0.05) is 133 Å². The summed E-state index contributed by atoms with van der Waals surface area (Å²) in [5, 5.41) is 6.45. The quantitative estimate of drug-likeness (QED) is 0.167. The van der Waals surface area contributed by atoms with Crippen molar-refractivity contribution in [3.63, 3.8) is 0 Å². The van der Waals surface area contributed by atoms with Crippen LogP contribution in [0.2, 0.25) is 0 Å². The Hall–Kier alpha value is -5.66. The summed E-state index contributed by atoms with van der Waals surface area (Å²) < 4.78 is 27.9. The Morgan fingerprint density at radius 2 is 0.788 bits per heavy atom. The van der Waals surface area contributed by atoms with Gasteiger partial charge in [-0.15, -0.1) is 0 Å². The van der Waals surface area contributed by atoms with Crippen molar-refractivity contribution in [2.45, 2.75) is 13.8 Å². The fourth-order valence-electron chi connectivity index (χ4n) is 7.44. The Labute approximate surface area is 305 Å². The molecule has 2 heterocycles. The third kappa shape index (κ3) is 5.06. The van der Waals surface area contributed by atoms with Crippen LogP contribution >= 0.6 is 16.8 Å². The Morgan fingerprint density at radius 3 is 1.27 bits per heavy atom. The molecule has 0 aliphatic carbocycles. The number of rotatable bonds is 5. The molecule has 2 unspecified atom stereocenters. The maximum Gasteiger partial charge on any atom is 0.326 e. The first kappa shape index (κ1) is 31.1. The van der Waals surface area contributed by atoms with Gasteiger partial charge in [0.2, 0.25) is 0 Å². The summed E-state index contributed by atoms with van der Waals surface area (Å²) in [5.74, 6) is 3.21. The molecule has 8 aromatic rings. The smallest absolute Gasteiger partial charge is 0.326 e. The first-order valence-corrected chi connectivity index (χ1v) is 19.7. The zero-order valence-electron chi connectivity index (χ0n) is 28.5. The van der Waals surface area contributed by atoms with E-state index in [2.05, 4.69) is 172 Å². The lowest BCUT2D eigenvalue weighted by molar-refractivity contribution is 0.495. The Morgan fingerprint density at radius 1 is 0.385 bits per heavy atom. The molecule has 10 rings (SSSR count). The summed E-state index contributed by atoms with van der Waals surface area (Å²) in [6.07, 6.45) is 0. The third-order valence-electron chi connectivity index (χ3n) is 9.95. The fraction of sp³-hybridized carbons (Fsp3) is 0.0435. The fourth-order valence-corrected chi connectivity index (χ4v) is 10.6. The van der Waals surface area contributed by atoms with Gasteiger partial charge in [-0.25, -0.2) is 0 Å². The number of para-hydroxylation sites is 2. The molecule has 0 radical (unpaired) electrons. The van der Waals surface area contributed by atoms with E-state index in [1.54, 1.807) is 0 Å². The van der Waals surface area contributed by atoms with E-state index < -0.39 is 16.8 Å². The summed E-state index contributed by atoms with van der Waals surface area (Å²) in [4.78, 5) is 0. The lowest BCUT2D eigenvalue weighted by Gasteiger charge is -2.30. The minimum atomic E-state index is -1.53. The molecule has 250 valence electrons. The van der Waals surface area contributed by atoms with E-state index in [1.165, 1.54) is 0 Å². The SMILES string of the molecule is Cc1cccc2c1OP(Oc1ccc3ccccc3c1-c1c(OP3Oc4c(C)cccc4-c4ccccc43)ccc3ccccc13)c1ccccc1-2. The highest BCUT2D eigenvalue weighted by Gasteiger charge is 2.34. The van der Waals surface area contributed by atoms with Crippen molar-refractivity contribution in [3.8, 4) is 56.4 Å². The molecule has 0 saturated heterocycles. The highest BCUT2D eigenvalue weighted by Crippen LogP contribution is 2.56. The van der Waals surface area contributed by atoms with Crippen LogP contribution in [-0.2, 0) is 0 Å². The molecule has 0 saturated carbocycles. The van der Waals surface area contributed by atoms with Crippen molar-refractivity contribution in [2.75, 3.05) is 0 Å². The van der Waals surface area contributed by atoms with Crippen LogP contribution in [0.5, 0.6) is 23.0 Å².